The van der Waals surface area contributed by atoms with Crippen LogP contribution in [0.15, 0.2) is 36.5 Å². The highest BCUT2D eigenvalue weighted by molar-refractivity contribution is 5.96. The van der Waals surface area contributed by atoms with Crippen molar-refractivity contribution in [3.05, 3.63) is 42.4 Å². The first-order chi connectivity index (χ1) is 16.1. The van der Waals surface area contributed by atoms with Gasteiger partial charge in [-0.3, -0.25) is 4.79 Å². The Morgan fingerprint density at radius 3 is 2.55 bits per heavy atom. The lowest BCUT2D eigenvalue weighted by Crippen LogP contribution is -2.37. The Hall–Kier alpha value is -3.79. The van der Waals surface area contributed by atoms with Gasteiger partial charge in [0.25, 0.3) is 5.95 Å². The van der Waals surface area contributed by atoms with Crippen LogP contribution in [0, 0.1) is 0 Å². The first-order valence-electron chi connectivity index (χ1n) is 10.9. The number of ether oxygens (including phenoxy) is 2. The lowest BCUT2D eigenvalue weighted by Gasteiger charge is -2.28. The molecule has 0 unspecified atom stereocenters. The molecule has 0 amide bonds. The van der Waals surface area contributed by atoms with Gasteiger partial charge in [-0.25, -0.2) is 9.67 Å². The van der Waals surface area contributed by atoms with Crippen molar-refractivity contribution >= 4 is 22.8 Å². The number of fused-ring (bicyclic) bond motifs is 1. The van der Waals surface area contributed by atoms with E-state index in [0.29, 0.717) is 67.5 Å². The zero-order chi connectivity index (χ0) is 22.9. The van der Waals surface area contributed by atoms with Crippen molar-refractivity contribution < 1.29 is 14.3 Å². The zero-order valence-corrected chi connectivity index (χ0v) is 18.9. The number of morpholine rings is 1. The van der Waals surface area contributed by atoms with E-state index in [9.17, 15) is 4.79 Å². The van der Waals surface area contributed by atoms with Gasteiger partial charge >= 0.3 is 0 Å². The molecule has 1 aliphatic heterocycles. The van der Waals surface area contributed by atoms with E-state index in [2.05, 4.69) is 15.0 Å². The van der Waals surface area contributed by atoms with Gasteiger partial charge in [-0.2, -0.15) is 9.97 Å². The summed E-state index contributed by atoms with van der Waals surface area (Å²) in [5.74, 6) is 1.79. The van der Waals surface area contributed by atoms with Crippen molar-refractivity contribution in [1.82, 2.24) is 29.3 Å². The van der Waals surface area contributed by atoms with Crippen molar-refractivity contribution in [2.24, 2.45) is 0 Å². The third kappa shape index (κ3) is 3.72. The van der Waals surface area contributed by atoms with Crippen LogP contribution in [0.3, 0.4) is 0 Å². The quantitative estimate of drug-likeness (QED) is 0.416. The number of hydrogen-bond acceptors (Lipinski definition) is 8. The van der Waals surface area contributed by atoms with Crippen LogP contribution in [0.25, 0.3) is 28.2 Å². The molecule has 1 saturated heterocycles. The van der Waals surface area contributed by atoms with E-state index in [4.69, 9.17) is 19.4 Å². The van der Waals surface area contributed by atoms with E-state index in [-0.39, 0.29) is 5.78 Å². The molecule has 4 aromatic rings. The number of aryl methyl sites for hydroxylation is 1. The predicted octanol–water partition coefficient (Wildman–Crippen LogP) is 2.75. The summed E-state index contributed by atoms with van der Waals surface area (Å²) in [5, 5.41) is 4.60. The van der Waals surface area contributed by atoms with Crippen LogP contribution in [-0.4, -0.2) is 68.5 Å². The second-order valence-electron chi connectivity index (χ2n) is 7.72. The lowest BCUT2D eigenvalue weighted by atomic mass is 10.1. The van der Waals surface area contributed by atoms with Crippen molar-refractivity contribution in [1.29, 1.82) is 0 Å². The summed E-state index contributed by atoms with van der Waals surface area (Å²) < 4.78 is 14.5. The highest BCUT2D eigenvalue weighted by Crippen LogP contribution is 2.31. The molecule has 0 N–H and O–H groups in total. The first-order valence-corrected chi connectivity index (χ1v) is 10.9. The van der Waals surface area contributed by atoms with Crippen LogP contribution in [0.1, 0.15) is 24.5 Å². The molecular weight excluding hydrogens is 422 g/mol. The largest absolute Gasteiger partial charge is 0.479 e. The summed E-state index contributed by atoms with van der Waals surface area (Å²) in [4.78, 5) is 28.7. The number of hydrogen-bond donors (Lipinski definition) is 0. The van der Waals surface area contributed by atoms with Gasteiger partial charge in [-0.15, -0.1) is 5.10 Å². The number of ketones is 1. The molecule has 0 aliphatic carbocycles. The van der Waals surface area contributed by atoms with Crippen molar-refractivity contribution in [2.45, 2.75) is 20.4 Å². The smallest absolute Gasteiger partial charge is 0.254 e. The van der Waals surface area contributed by atoms with Crippen LogP contribution in [0.2, 0.25) is 0 Å². The zero-order valence-electron chi connectivity index (χ0n) is 18.9. The minimum absolute atomic E-state index is 0.114. The number of carbonyl (C=O) groups is 1. The summed E-state index contributed by atoms with van der Waals surface area (Å²) in [6, 6.07) is 9.89. The Kier molecular flexibility index (Phi) is 5.51. The third-order valence-corrected chi connectivity index (χ3v) is 5.67. The van der Waals surface area contributed by atoms with E-state index < -0.39 is 0 Å². The molecule has 1 fully saturated rings. The molecule has 0 atom stereocenters. The van der Waals surface area contributed by atoms with Crippen LogP contribution in [0.4, 0.5) is 5.82 Å². The van der Waals surface area contributed by atoms with Crippen LogP contribution >= 0.6 is 0 Å². The molecule has 4 heterocycles. The fourth-order valence-electron chi connectivity index (χ4n) is 4.07. The lowest BCUT2D eigenvalue weighted by molar-refractivity contribution is 0.1000. The Labute approximate surface area is 190 Å². The second-order valence-corrected chi connectivity index (χ2v) is 7.72. The molecule has 1 aromatic carbocycles. The van der Waals surface area contributed by atoms with E-state index in [1.165, 1.54) is 6.92 Å². The maximum atomic E-state index is 12.3. The van der Waals surface area contributed by atoms with Gasteiger partial charge in [0.05, 0.1) is 25.9 Å². The van der Waals surface area contributed by atoms with E-state index in [0.717, 1.165) is 11.1 Å². The van der Waals surface area contributed by atoms with Gasteiger partial charge in [-0.05, 0) is 12.5 Å². The highest BCUT2D eigenvalue weighted by atomic mass is 16.5. The van der Waals surface area contributed by atoms with E-state index in [1.807, 2.05) is 48.0 Å². The molecule has 10 nitrogen and oxygen atoms in total. The summed E-state index contributed by atoms with van der Waals surface area (Å²) in [6.07, 6.45) is 1.86. The van der Waals surface area contributed by atoms with Crippen molar-refractivity contribution in [2.75, 3.05) is 38.3 Å². The molecule has 0 bridgehead atoms. The monoisotopic (exact) mass is 447 g/mol. The van der Waals surface area contributed by atoms with Crippen molar-refractivity contribution in [3.8, 4) is 23.0 Å². The van der Waals surface area contributed by atoms with Gasteiger partial charge in [0, 0.05) is 32.8 Å². The number of methoxy groups -OCH3 is 1. The van der Waals surface area contributed by atoms with Gasteiger partial charge < -0.3 is 18.9 Å². The molecule has 170 valence electrons. The normalized spacial score (nSPS) is 14.1. The highest BCUT2D eigenvalue weighted by Gasteiger charge is 2.25. The fraction of sp³-hybridized carbons (Fsp3) is 0.348. The van der Waals surface area contributed by atoms with Crippen LogP contribution in [0.5, 0.6) is 5.88 Å². The average molecular weight is 447 g/mol. The molecule has 0 spiro atoms. The number of imidazole rings is 1. The molecule has 33 heavy (non-hydrogen) atoms. The summed E-state index contributed by atoms with van der Waals surface area (Å²) in [7, 11) is 1.59. The number of benzene rings is 1. The first kappa shape index (κ1) is 21.1. The maximum Gasteiger partial charge on any atom is 0.254 e. The molecule has 10 heteroatoms. The standard InChI is InChI=1S/C23H25N7O3/c1-4-29-19(15(2)31)24-18-20(28-10-12-33-13-11-28)25-23(26-21(18)29)30-14-17(22(27-30)32-3)16-8-6-5-7-9-16/h5-9,14H,4,10-13H2,1-3H3. The Balaban J connectivity index is 1.72. The number of Topliss-reactive ketones (excluding diaryl/α,β-unsaturated/α-hetero) is 1. The molecular formula is C23H25N7O3. The van der Waals surface area contributed by atoms with Gasteiger partial charge in [-0.1, -0.05) is 30.3 Å². The van der Waals surface area contributed by atoms with E-state index in [1.54, 1.807) is 11.8 Å². The van der Waals surface area contributed by atoms with Crippen LogP contribution in [-0.2, 0) is 11.3 Å². The minimum atomic E-state index is -0.114. The molecule has 5 rings (SSSR count). The molecule has 1 aliphatic rings. The topological polar surface area (TPSA) is 100 Å². The van der Waals surface area contributed by atoms with E-state index >= 15 is 0 Å². The molecule has 3 aromatic heterocycles. The third-order valence-electron chi connectivity index (χ3n) is 5.67. The summed E-state index contributed by atoms with van der Waals surface area (Å²) >= 11 is 0. The molecule has 0 saturated carbocycles. The van der Waals surface area contributed by atoms with Gasteiger partial charge in [0.2, 0.25) is 5.88 Å². The van der Waals surface area contributed by atoms with Gasteiger partial charge in [0.15, 0.2) is 28.6 Å². The Morgan fingerprint density at radius 1 is 1.12 bits per heavy atom. The van der Waals surface area contributed by atoms with Crippen molar-refractivity contribution in [3.63, 3.8) is 0 Å². The minimum Gasteiger partial charge on any atom is -0.479 e. The number of nitrogens with zero attached hydrogens (tertiary/aromatic N) is 7. The number of anilines is 1. The Bertz CT molecular complexity index is 1310. The summed E-state index contributed by atoms with van der Waals surface area (Å²) in [6.45, 7) is 6.59. The number of aromatic nitrogens is 6. The summed E-state index contributed by atoms with van der Waals surface area (Å²) in [5.41, 5.74) is 3.02. The number of carbonyl (C=O) groups excluding carboxylic acids is 1. The second kappa shape index (κ2) is 8.62. The Morgan fingerprint density at radius 2 is 1.88 bits per heavy atom. The average Bonchev–Trinajstić information content (AvgIpc) is 3.46. The molecule has 0 radical (unpaired) electrons. The van der Waals surface area contributed by atoms with Crippen LogP contribution < -0.4 is 9.64 Å². The fourth-order valence-corrected chi connectivity index (χ4v) is 4.07. The predicted molar refractivity (Wildman–Crippen MR) is 123 cm³/mol. The van der Waals surface area contributed by atoms with Gasteiger partial charge in [0.1, 0.15) is 0 Å². The SMILES string of the molecule is CCn1c(C(C)=O)nc2c(N3CCOCC3)nc(-n3cc(-c4ccccc4)c(OC)n3)nc21. The number of rotatable bonds is 6. The maximum absolute atomic E-state index is 12.3.